The molecule has 1 amide bonds. The van der Waals surface area contributed by atoms with Gasteiger partial charge in [0.25, 0.3) is 0 Å². The van der Waals surface area contributed by atoms with Gasteiger partial charge in [-0.1, -0.05) is 18.2 Å². The Bertz CT molecular complexity index is 472. The van der Waals surface area contributed by atoms with E-state index in [1.165, 1.54) is 4.90 Å². The van der Waals surface area contributed by atoms with E-state index in [0.717, 1.165) is 6.54 Å². The van der Waals surface area contributed by atoms with Crippen molar-refractivity contribution < 1.29 is 19.4 Å². The van der Waals surface area contributed by atoms with Crippen LogP contribution in [0.2, 0.25) is 0 Å². The average molecular weight is 292 g/mol. The van der Waals surface area contributed by atoms with Crippen molar-refractivity contribution in [2.24, 2.45) is 0 Å². The predicted octanol–water partition coefficient (Wildman–Crippen LogP) is 0.873. The van der Waals surface area contributed by atoms with E-state index in [1.54, 1.807) is 12.1 Å². The van der Waals surface area contributed by atoms with Crippen LogP contribution in [-0.2, 0) is 14.3 Å². The van der Waals surface area contributed by atoms with Crippen LogP contribution in [0, 0.1) is 0 Å². The third kappa shape index (κ3) is 4.84. The number of hydrogen-bond donors (Lipinski definition) is 2. The summed E-state index contributed by atoms with van der Waals surface area (Å²) >= 11 is 0. The first-order chi connectivity index (χ1) is 10.2. The number of anilines is 1. The minimum Gasteiger partial charge on any atom is -0.481 e. The molecule has 0 bridgehead atoms. The van der Waals surface area contributed by atoms with Crippen LogP contribution >= 0.6 is 0 Å². The van der Waals surface area contributed by atoms with Crippen molar-refractivity contribution in [3.63, 3.8) is 0 Å². The highest BCUT2D eigenvalue weighted by atomic mass is 16.5. The predicted molar refractivity (Wildman–Crippen MR) is 78.3 cm³/mol. The molecule has 1 atom stereocenters. The summed E-state index contributed by atoms with van der Waals surface area (Å²) in [6.07, 6.45) is 0.0219. The number of hydrogen-bond acceptors (Lipinski definition) is 4. The van der Waals surface area contributed by atoms with E-state index in [-0.39, 0.29) is 31.4 Å². The van der Waals surface area contributed by atoms with Crippen molar-refractivity contribution in [1.82, 2.24) is 5.32 Å². The first-order valence-corrected chi connectivity index (χ1v) is 7.06. The van der Waals surface area contributed by atoms with Gasteiger partial charge in [-0.15, -0.1) is 0 Å². The molecule has 1 aromatic rings. The maximum absolute atomic E-state index is 12.4. The lowest BCUT2D eigenvalue weighted by Crippen LogP contribution is -2.43. The topological polar surface area (TPSA) is 78.9 Å². The van der Waals surface area contributed by atoms with Gasteiger partial charge in [-0.2, -0.15) is 0 Å². The minimum absolute atomic E-state index is 0.0790. The van der Waals surface area contributed by atoms with Crippen molar-refractivity contribution >= 4 is 17.6 Å². The number of carboxylic acid groups (broad SMARTS) is 1. The standard InChI is InChI=1S/C15H20N2O4/c18-14(10-13-11-16-7-9-21-13)17(8-6-15(19)20)12-4-2-1-3-5-12/h1-5,13,16H,6-11H2,(H,19,20). The number of nitrogens with one attached hydrogen (secondary N) is 1. The minimum atomic E-state index is -0.917. The number of rotatable bonds is 6. The summed E-state index contributed by atoms with van der Waals surface area (Å²) in [6, 6.07) is 9.13. The van der Waals surface area contributed by atoms with Gasteiger partial charge in [0.2, 0.25) is 5.91 Å². The molecule has 6 nitrogen and oxygen atoms in total. The Kier molecular flexibility index (Phi) is 5.71. The molecule has 0 radical (unpaired) electrons. The largest absolute Gasteiger partial charge is 0.481 e. The average Bonchev–Trinajstić information content (AvgIpc) is 2.49. The number of amides is 1. The van der Waals surface area contributed by atoms with Gasteiger partial charge in [0.05, 0.1) is 25.6 Å². The van der Waals surface area contributed by atoms with Gasteiger partial charge in [-0.3, -0.25) is 9.59 Å². The summed E-state index contributed by atoms with van der Waals surface area (Å²) in [5, 5.41) is 12.0. The number of carbonyl (C=O) groups is 2. The summed E-state index contributed by atoms with van der Waals surface area (Å²) in [7, 11) is 0. The van der Waals surface area contributed by atoms with Crippen LogP contribution in [0.25, 0.3) is 0 Å². The molecule has 0 saturated carbocycles. The van der Waals surface area contributed by atoms with E-state index >= 15 is 0 Å². The van der Waals surface area contributed by atoms with Crippen LogP contribution in [-0.4, -0.2) is 49.3 Å². The Balaban J connectivity index is 2.02. The maximum Gasteiger partial charge on any atom is 0.305 e. The number of carbonyl (C=O) groups excluding carboxylic acids is 1. The van der Waals surface area contributed by atoms with E-state index in [2.05, 4.69) is 5.32 Å². The SMILES string of the molecule is O=C(O)CCN(C(=O)CC1CNCCO1)c1ccccc1. The molecular weight excluding hydrogens is 272 g/mol. The van der Waals surface area contributed by atoms with E-state index < -0.39 is 5.97 Å². The van der Waals surface area contributed by atoms with Crippen LogP contribution in [0.3, 0.4) is 0 Å². The quantitative estimate of drug-likeness (QED) is 0.813. The molecule has 114 valence electrons. The lowest BCUT2D eigenvalue weighted by atomic mass is 10.1. The van der Waals surface area contributed by atoms with E-state index in [1.807, 2.05) is 18.2 Å². The van der Waals surface area contributed by atoms with E-state index in [9.17, 15) is 9.59 Å². The van der Waals surface area contributed by atoms with Gasteiger partial charge >= 0.3 is 5.97 Å². The normalized spacial score (nSPS) is 18.2. The molecule has 1 heterocycles. The molecule has 1 unspecified atom stereocenters. The summed E-state index contributed by atoms with van der Waals surface area (Å²) in [5.74, 6) is -1.03. The van der Waals surface area contributed by atoms with Crippen LogP contribution in [0.1, 0.15) is 12.8 Å². The third-order valence-electron chi connectivity index (χ3n) is 3.32. The summed E-state index contributed by atoms with van der Waals surface area (Å²) in [6.45, 7) is 2.20. The van der Waals surface area contributed by atoms with E-state index in [0.29, 0.717) is 18.8 Å². The van der Waals surface area contributed by atoms with Crippen molar-refractivity contribution in [3.8, 4) is 0 Å². The molecule has 1 aliphatic rings. The Hall–Kier alpha value is -1.92. The van der Waals surface area contributed by atoms with Crippen molar-refractivity contribution in [2.75, 3.05) is 31.1 Å². The number of aliphatic carboxylic acids is 1. The highest BCUT2D eigenvalue weighted by Crippen LogP contribution is 2.16. The Morgan fingerprint density at radius 2 is 2.10 bits per heavy atom. The van der Waals surface area contributed by atoms with Gasteiger partial charge in [0.1, 0.15) is 0 Å². The molecule has 1 saturated heterocycles. The van der Waals surface area contributed by atoms with Crippen molar-refractivity contribution in [3.05, 3.63) is 30.3 Å². The monoisotopic (exact) mass is 292 g/mol. The Morgan fingerprint density at radius 1 is 1.33 bits per heavy atom. The fraction of sp³-hybridized carbons (Fsp3) is 0.467. The maximum atomic E-state index is 12.4. The highest BCUT2D eigenvalue weighted by molar-refractivity contribution is 5.94. The number of para-hydroxylation sites is 1. The molecule has 21 heavy (non-hydrogen) atoms. The van der Waals surface area contributed by atoms with Gasteiger partial charge in [-0.05, 0) is 12.1 Å². The first-order valence-electron chi connectivity index (χ1n) is 7.06. The van der Waals surface area contributed by atoms with Crippen LogP contribution in [0.5, 0.6) is 0 Å². The second kappa shape index (κ2) is 7.75. The molecule has 2 N–H and O–H groups in total. The van der Waals surface area contributed by atoms with Crippen molar-refractivity contribution in [1.29, 1.82) is 0 Å². The van der Waals surface area contributed by atoms with Crippen LogP contribution < -0.4 is 10.2 Å². The van der Waals surface area contributed by atoms with Gasteiger partial charge in [-0.25, -0.2) is 0 Å². The van der Waals surface area contributed by atoms with Crippen molar-refractivity contribution in [2.45, 2.75) is 18.9 Å². The Labute approximate surface area is 123 Å². The molecule has 1 aromatic carbocycles. The van der Waals surface area contributed by atoms with E-state index in [4.69, 9.17) is 9.84 Å². The van der Waals surface area contributed by atoms with Gasteiger partial charge in [0.15, 0.2) is 0 Å². The smallest absolute Gasteiger partial charge is 0.305 e. The fourth-order valence-electron chi connectivity index (χ4n) is 2.27. The molecule has 1 fully saturated rings. The second-order valence-electron chi connectivity index (χ2n) is 4.93. The third-order valence-corrected chi connectivity index (χ3v) is 3.32. The summed E-state index contributed by atoms with van der Waals surface area (Å²) < 4.78 is 5.53. The number of benzene rings is 1. The zero-order valence-electron chi connectivity index (χ0n) is 11.8. The molecular formula is C15H20N2O4. The molecule has 1 aliphatic heterocycles. The molecule has 6 heteroatoms. The number of ether oxygens (including phenoxy) is 1. The van der Waals surface area contributed by atoms with Gasteiger partial charge < -0.3 is 20.1 Å². The molecule has 0 aromatic heterocycles. The summed E-state index contributed by atoms with van der Waals surface area (Å²) in [5.41, 5.74) is 0.715. The highest BCUT2D eigenvalue weighted by Gasteiger charge is 2.22. The van der Waals surface area contributed by atoms with Crippen LogP contribution in [0.4, 0.5) is 5.69 Å². The Morgan fingerprint density at radius 3 is 2.71 bits per heavy atom. The zero-order valence-corrected chi connectivity index (χ0v) is 11.8. The summed E-state index contributed by atoms with van der Waals surface area (Å²) in [4.78, 5) is 24.7. The van der Waals surface area contributed by atoms with Gasteiger partial charge in [0, 0.05) is 25.3 Å². The second-order valence-corrected chi connectivity index (χ2v) is 4.93. The fourth-order valence-corrected chi connectivity index (χ4v) is 2.27. The lowest BCUT2D eigenvalue weighted by molar-refractivity contribution is -0.136. The molecule has 2 rings (SSSR count). The number of carboxylic acids is 1. The first kappa shape index (κ1) is 15.5. The number of nitrogens with zero attached hydrogens (tertiary/aromatic N) is 1. The number of morpholine rings is 1. The molecule has 0 aliphatic carbocycles. The van der Waals surface area contributed by atoms with Crippen LogP contribution in [0.15, 0.2) is 30.3 Å². The molecule has 0 spiro atoms. The zero-order chi connectivity index (χ0) is 15.1. The lowest BCUT2D eigenvalue weighted by Gasteiger charge is -2.27.